The molecule has 3 aliphatic rings. The van der Waals surface area contributed by atoms with E-state index < -0.39 is 6.17 Å². The Morgan fingerprint density at radius 1 is 1.30 bits per heavy atom. The minimum atomic E-state index is -0.820. The minimum absolute atomic E-state index is 0.0380. The van der Waals surface area contributed by atoms with Gasteiger partial charge in [-0.1, -0.05) is 0 Å². The average Bonchev–Trinajstić information content (AvgIpc) is 3.43. The highest BCUT2D eigenvalue weighted by molar-refractivity contribution is 5.90. The van der Waals surface area contributed by atoms with Gasteiger partial charge in [0, 0.05) is 37.5 Å². The Morgan fingerprint density at radius 3 is 2.52 bits per heavy atom. The number of alkyl halides is 1. The maximum absolute atomic E-state index is 13.1. The van der Waals surface area contributed by atoms with Crippen LogP contribution >= 0.6 is 0 Å². The second-order valence-electron chi connectivity index (χ2n) is 8.05. The summed E-state index contributed by atoms with van der Waals surface area (Å²) in [6.45, 7) is 1.27. The van der Waals surface area contributed by atoms with Crippen molar-refractivity contribution in [3.63, 3.8) is 0 Å². The first-order valence-electron chi connectivity index (χ1n) is 9.49. The molecule has 0 N–H and O–H groups in total. The Labute approximate surface area is 157 Å². The molecule has 1 spiro atoms. The van der Waals surface area contributed by atoms with E-state index in [1.165, 1.54) is 19.5 Å². The molecule has 1 aliphatic heterocycles. The van der Waals surface area contributed by atoms with Gasteiger partial charge in [-0.25, -0.2) is 14.4 Å². The number of piperidine rings is 1. The van der Waals surface area contributed by atoms with Gasteiger partial charge < -0.3 is 14.5 Å². The molecular weight excluding hydrogens is 351 g/mol. The van der Waals surface area contributed by atoms with E-state index >= 15 is 0 Å². The van der Waals surface area contributed by atoms with Gasteiger partial charge in [0.2, 0.25) is 11.7 Å². The first kappa shape index (κ1) is 18.1. The van der Waals surface area contributed by atoms with E-state index in [-0.39, 0.29) is 35.0 Å². The number of ether oxygens (including phenoxy) is 1. The monoisotopic (exact) mass is 376 g/mol. The number of hydrogen-bond donors (Lipinski definition) is 0. The summed E-state index contributed by atoms with van der Waals surface area (Å²) in [4.78, 5) is 37.2. The lowest BCUT2D eigenvalue weighted by atomic mass is 9.80. The lowest BCUT2D eigenvalue weighted by molar-refractivity contribution is -0.143. The van der Waals surface area contributed by atoms with Crippen LogP contribution in [0.1, 0.15) is 42.7 Å². The molecule has 3 fully saturated rings. The fraction of sp³-hybridized carbons (Fsp3) is 0.684. The highest BCUT2D eigenvalue weighted by atomic mass is 19.1. The van der Waals surface area contributed by atoms with Crippen LogP contribution in [-0.2, 0) is 4.79 Å². The van der Waals surface area contributed by atoms with Crippen molar-refractivity contribution in [2.45, 2.75) is 44.3 Å². The zero-order chi connectivity index (χ0) is 19.2. The fourth-order valence-electron chi connectivity index (χ4n) is 4.43. The van der Waals surface area contributed by atoms with E-state index in [2.05, 4.69) is 9.97 Å². The summed E-state index contributed by atoms with van der Waals surface area (Å²) in [6, 6.07) is 0.0649. The minimum Gasteiger partial charge on any atom is -0.494 e. The zero-order valence-corrected chi connectivity index (χ0v) is 15.7. The van der Waals surface area contributed by atoms with Crippen LogP contribution < -0.4 is 4.74 Å². The third kappa shape index (κ3) is 3.26. The molecule has 4 rings (SSSR count). The first-order chi connectivity index (χ1) is 12.9. The van der Waals surface area contributed by atoms with Crippen molar-refractivity contribution < 1.29 is 18.7 Å². The molecule has 0 bridgehead atoms. The average molecular weight is 376 g/mol. The third-order valence-corrected chi connectivity index (χ3v) is 6.36. The van der Waals surface area contributed by atoms with Crippen LogP contribution in [0.5, 0.6) is 5.75 Å². The van der Waals surface area contributed by atoms with E-state index in [0.717, 1.165) is 19.3 Å². The van der Waals surface area contributed by atoms with E-state index in [4.69, 9.17) is 4.74 Å². The van der Waals surface area contributed by atoms with Gasteiger partial charge in [-0.2, -0.15) is 0 Å². The van der Waals surface area contributed by atoms with Crippen LogP contribution in [0.2, 0.25) is 0 Å². The lowest BCUT2D eigenvalue weighted by Gasteiger charge is -2.45. The Kier molecular flexibility index (Phi) is 4.52. The van der Waals surface area contributed by atoms with Gasteiger partial charge in [0.1, 0.15) is 6.17 Å². The lowest BCUT2D eigenvalue weighted by Crippen LogP contribution is -2.56. The summed E-state index contributed by atoms with van der Waals surface area (Å²) in [5, 5.41) is 0. The van der Waals surface area contributed by atoms with Gasteiger partial charge in [0.05, 0.1) is 19.5 Å². The number of likely N-dealkylation sites (tertiary alicyclic amines) is 1. The molecule has 7 nitrogen and oxygen atoms in total. The van der Waals surface area contributed by atoms with Gasteiger partial charge in [0.25, 0.3) is 5.91 Å². The van der Waals surface area contributed by atoms with E-state index in [1.54, 1.807) is 11.9 Å². The van der Waals surface area contributed by atoms with Crippen molar-refractivity contribution in [3.05, 3.63) is 18.2 Å². The first-order valence-corrected chi connectivity index (χ1v) is 9.49. The van der Waals surface area contributed by atoms with Crippen molar-refractivity contribution in [1.82, 2.24) is 19.8 Å². The van der Waals surface area contributed by atoms with E-state index in [9.17, 15) is 14.0 Å². The van der Waals surface area contributed by atoms with Crippen molar-refractivity contribution >= 4 is 11.8 Å². The quantitative estimate of drug-likeness (QED) is 0.799. The highest BCUT2D eigenvalue weighted by Gasteiger charge is 2.56. The molecule has 2 saturated carbocycles. The fourth-order valence-corrected chi connectivity index (χ4v) is 4.43. The number of aromatic nitrogens is 2. The zero-order valence-electron chi connectivity index (χ0n) is 15.7. The van der Waals surface area contributed by atoms with Gasteiger partial charge >= 0.3 is 0 Å². The molecule has 27 heavy (non-hydrogen) atoms. The second kappa shape index (κ2) is 6.73. The predicted octanol–water partition coefficient (Wildman–Crippen LogP) is 1.69. The van der Waals surface area contributed by atoms with E-state index in [0.29, 0.717) is 31.7 Å². The Morgan fingerprint density at radius 2 is 1.96 bits per heavy atom. The SMILES string of the molecule is COc1cnc(C(=O)N(C)C2CCN(C(=O)C3CC(F)C3)CC23CC3)nc1. The molecule has 146 valence electrons. The van der Waals surface area contributed by atoms with Crippen LogP contribution in [0.3, 0.4) is 0 Å². The number of halogens is 1. The molecular formula is C19H25FN4O3. The van der Waals surface area contributed by atoms with Crippen molar-refractivity contribution in [2.24, 2.45) is 11.3 Å². The molecule has 1 aromatic heterocycles. The number of carbonyl (C=O) groups is 2. The van der Waals surface area contributed by atoms with Crippen LogP contribution in [0.15, 0.2) is 12.4 Å². The van der Waals surface area contributed by atoms with Crippen molar-refractivity contribution in [3.8, 4) is 5.75 Å². The molecule has 0 aromatic carbocycles. The number of amides is 2. The van der Waals surface area contributed by atoms with Crippen LogP contribution in [0.25, 0.3) is 0 Å². The molecule has 2 heterocycles. The van der Waals surface area contributed by atoms with Gasteiger partial charge in [-0.15, -0.1) is 0 Å². The molecule has 1 saturated heterocycles. The Bertz CT molecular complexity index is 731. The molecule has 1 atom stereocenters. The number of rotatable bonds is 4. The highest BCUT2D eigenvalue weighted by Crippen LogP contribution is 2.54. The number of carbonyl (C=O) groups excluding carboxylic acids is 2. The van der Waals surface area contributed by atoms with Gasteiger partial charge in [-0.05, 0) is 32.1 Å². The standard InChI is InChI=1S/C19H25FN4O3/c1-23(18(26)16-21-9-14(27-2)10-22-16)15-3-6-24(11-19(15)4-5-19)17(25)12-7-13(20)8-12/h9-10,12-13,15H,3-8,11H2,1-2H3. The normalized spacial score (nSPS) is 28.4. The number of nitrogens with zero attached hydrogens (tertiary/aromatic N) is 4. The Hall–Kier alpha value is -2.25. The maximum Gasteiger partial charge on any atom is 0.291 e. The summed E-state index contributed by atoms with van der Waals surface area (Å²) in [7, 11) is 3.31. The van der Waals surface area contributed by atoms with Gasteiger partial charge in [-0.3, -0.25) is 9.59 Å². The second-order valence-corrected chi connectivity index (χ2v) is 8.05. The van der Waals surface area contributed by atoms with Crippen LogP contribution in [-0.4, -0.2) is 71.0 Å². The molecule has 2 amide bonds. The molecule has 2 aliphatic carbocycles. The summed E-state index contributed by atoms with van der Waals surface area (Å²) in [6.07, 6.45) is 5.60. The number of methoxy groups -OCH3 is 1. The van der Waals surface area contributed by atoms with Crippen molar-refractivity contribution in [1.29, 1.82) is 0 Å². The summed E-state index contributed by atoms with van der Waals surface area (Å²) < 4.78 is 18.1. The molecule has 0 radical (unpaired) electrons. The van der Waals surface area contributed by atoms with Crippen LogP contribution in [0.4, 0.5) is 4.39 Å². The van der Waals surface area contributed by atoms with E-state index in [1.807, 2.05) is 4.90 Å². The van der Waals surface area contributed by atoms with Crippen molar-refractivity contribution in [2.75, 3.05) is 27.2 Å². The molecule has 1 aromatic rings. The van der Waals surface area contributed by atoms with Gasteiger partial charge in [0.15, 0.2) is 5.75 Å². The predicted molar refractivity (Wildman–Crippen MR) is 94.9 cm³/mol. The number of hydrogen-bond acceptors (Lipinski definition) is 5. The largest absolute Gasteiger partial charge is 0.494 e. The van der Waals surface area contributed by atoms with Crippen LogP contribution in [0, 0.1) is 11.3 Å². The summed E-state index contributed by atoms with van der Waals surface area (Å²) in [5.41, 5.74) is -0.0380. The topological polar surface area (TPSA) is 75.6 Å². The summed E-state index contributed by atoms with van der Waals surface area (Å²) >= 11 is 0. The third-order valence-electron chi connectivity index (χ3n) is 6.36. The summed E-state index contributed by atoms with van der Waals surface area (Å²) in [5.74, 6) is 0.371. The maximum atomic E-state index is 13.1. The smallest absolute Gasteiger partial charge is 0.291 e. The Balaban J connectivity index is 1.42. The molecule has 8 heteroatoms. The molecule has 1 unspecified atom stereocenters.